The van der Waals surface area contributed by atoms with E-state index in [0.717, 1.165) is 17.0 Å². The number of carbonyl (C=O) groups is 1. The molecular weight excluding hydrogens is 206 g/mol. The maximum atomic E-state index is 11.5. The van der Waals surface area contributed by atoms with Gasteiger partial charge in [0.1, 0.15) is 19.7 Å². The molecule has 0 aliphatic carbocycles. The number of quaternary nitrogens is 1. The molecule has 16 heavy (non-hydrogen) atoms. The molecule has 0 aromatic heterocycles. The highest BCUT2D eigenvalue weighted by Crippen LogP contribution is 2.02. The van der Waals surface area contributed by atoms with Gasteiger partial charge in [-0.1, -0.05) is 30.3 Å². The van der Waals surface area contributed by atoms with Crippen LogP contribution in [0.2, 0.25) is 0 Å². The first-order chi connectivity index (χ1) is 7.81. The van der Waals surface area contributed by atoms with Crippen molar-refractivity contribution in [3.8, 4) is 0 Å². The van der Waals surface area contributed by atoms with E-state index in [4.69, 9.17) is 9.84 Å². The molecule has 2 rings (SSSR count). The lowest BCUT2D eigenvalue weighted by molar-refractivity contribution is -0.770. The van der Waals surface area contributed by atoms with Crippen molar-refractivity contribution in [1.82, 2.24) is 0 Å². The van der Waals surface area contributed by atoms with E-state index in [-0.39, 0.29) is 18.6 Å². The molecule has 4 heteroatoms. The quantitative estimate of drug-likeness (QED) is 0.496. The van der Waals surface area contributed by atoms with Gasteiger partial charge in [0.15, 0.2) is 0 Å². The minimum atomic E-state index is -0.160. The molecule has 0 radical (unpaired) electrons. The van der Waals surface area contributed by atoms with Crippen LogP contribution in [0.3, 0.4) is 0 Å². The Morgan fingerprint density at radius 2 is 2.19 bits per heavy atom. The average molecular weight is 222 g/mol. The van der Waals surface area contributed by atoms with Crippen molar-refractivity contribution in [3.63, 3.8) is 0 Å². The van der Waals surface area contributed by atoms with Crippen LogP contribution in [-0.2, 0) is 16.1 Å². The summed E-state index contributed by atoms with van der Waals surface area (Å²) in [5.74, 6) is -0.160. The summed E-state index contributed by atoms with van der Waals surface area (Å²) < 4.78 is 5.19. The molecule has 4 nitrogen and oxygen atoms in total. The van der Waals surface area contributed by atoms with Crippen molar-refractivity contribution in [2.75, 3.05) is 19.7 Å². The van der Waals surface area contributed by atoms with Crippen molar-refractivity contribution in [2.45, 2.75) is 12.6 Å². The SMILES string of the molecule is O=C(OCc1ccccc1)[C@@H]1C[NH+]1CCO. The summed E-state index contributed by atoms with van der Waals surface area (Å²) in [5, 5.41) is 8.71. The van der Waals surface area contributed by atoms with Gasteiger partial charge in [-0.25, -0.2) is 4.79 Å². The first-order valence-electron chi connectivity index (χ1n) is 5.47. The Kier molecular flexibility index (Phi) is 3.54. The van der Waals surface area contributed by atoms with Gasteiger partial charge in [0.05, 0.1) is 6.61 Å². The second kappa shape index (κ2) is 5.09. The summed E-state index contributed by atoms with van der Waals surface area (Å²) in [6, 6.07) is 9.57. The normalized spacial score (nSPS) is 22.8. The lowest BCUT2D eigenvalue weighted by Crippen LogP contribution is -2.95. The van der Waals surface area contributed by atoms with Gasteiger partial charge in [-0.3, -0.25) is 0 Å². The number of hydrogen-bond donors (Lipinski definition) is 2. The predicted molar refractivity (Wildman–Crippen MR) is 57.8 cm³/mol. The molecule has 1 heterocycles. The number of benzene rings is 1. The van der Waals surface area contributed by atoms with Gasteiger partial charge in [0.25, 0.3) is 0 Å². The predicted octanol–water partition coefficient (Wildman–Crippen LogP) is -1.01. The first kappa shape index (κ1) is 11.1. The van der Waals surface area contributed by atoms with Crippen LogP contribution < -0.4 is 4.90 Å². The Labute approximate surface area is 94.4 Å². The lowest BCUT2D eigenvalue weighted by Gasteiger charge is -2.02. The third-order valence-electron chi connectivity index (χ3n) is 2.74. The fourth-order valence-corrected chi connectivity index (χ4v) is 1.70. The van der Waals surface area contributed by atoms with Gasteiger partial charge >= 0.3 is 5.97 Å². The zero-order chi connectivity index (χ0) is 11.4. The maximum Gasteiger partial charge on any atom is 0.371 e. The second-order valence-electron chi connectivity index (χ2n) is 3.98. The van der Waals surface area contributed by atoms with Crippen molar-refractivity contribution in [2.24, 2.45) is 0 Å². The van der Waals surface area contributed by atoms with Crippen molar-refractivity contribution < 1.29 is 19.5 Å². The molecule has 1 aromatic rings. The fourth-order valence-electron chi connectivity index (χ4n) is 1.70. The van der Waals surface area contributed by atoms with Gasteiger partial charge < -0.3 is 14.7 Å². The molecule has 0 amide bonds. The number of aliphatic hydroxyl groups excluding tert-OH is 1. The van der Waals surface area contributed by atoms with Gasteiger partial charge in [-0.2, -0.15) is 0 Å². The third kappa shape index (κ3) is 2.81. The summed E-state index contributed by atoms with van der Waals surface area (Å²) in [6.07, 6.45) is 0. The number of aliphatic hydroxyl groups is 1. The Balaban J connectivity index is 1.73. The number of rotatable bonds is 5. The minimum Gasteiger partial charge on any atom is -0.456 e. The maximum absolute atomic E-state index is 11.5. The number of ether oxygens (including phenoxy) is 1. The van der Waals surface area contributed by atoms with E-state index in [2.05, 4.69) is 0 Å². The standard InChI is InChI=1S/C12H15NO3/c14-7-6-13-8-11(13)12(15)16-9-10-4-2-1-3-5-10/h1-5,11,14H,6-9H2/p+1/t11-,13?/m0/s1. The van der Waals surface area contributed by atoms with Crippen LogP contribution in [0.1, 0.15) is 5.56 Å². The van der Waals surface area contributed by atoms with Gasteiger partial charge in [-0.05, 0) is 5.56 Å². The van der Waals surface area contributed by atoms with Crippen LogP contribution in [0.5, 0.6) is 0 Å². The van der Waals surface area contributed by atoms with Crippen LogP contribution in [0.25, 0.3) is 0 Å². The smallest absolute Gasteiger partial charge is 0.371 e. The van der Waals surface area contributed by atoms with Crippen LogP contribution >= 0.6 is 0 Å². The van der Waals surface area contributed by atoms with E-state index in [9.17, 15) is 4.79 Å². The van der Waals surface area contributed by atoms with Crippen molar-refractivity contribution in [1.29, 1.82) is 0 Å². The molecule has 0 bridgehead atoms. The molecule has 1 aromatic carbocycles. The summed E-state index contributed by atoms with van der Waals surface area (Å²) in [5.41, 5.74) is 1.00. The molecule has 86 valence electrons. The largest absolute Gasteiger partial charge is 0.456 e. The monoisotopic (exact) mass is 222 g/mol. The number of hydrogen-bond acceptors (Lipinski definition) is 3. The lowest BCUT2D eigenvalue weighted by atomic mass is 10.2. The molecule has 0 spiro atoms. The third-order valence-corrected chi connectivity index (χ3v) is 2.74. The summed E-state index contributed by atoms with van der Waals surface area (Å²) in [7, 11) is 0. The second-order valence-corrected chi connectivity index (χ2v) is 3.98. The average Bonchev–Trinajstić information content (AvgIpc) is 3.07. The molecule has 1 saturated heterocycles. The Bertz CT molecular complexity index is 353. The molecule has 2 N–H and O–H groups in total. The molecule has 1 unspecified atom stereocenters. The van der Waals surface area contributed by atoms with E-state index in [0.29, 0.717) is 13.2 Å². The summed E-state index contributed by atoms with van der Waals surface area (Å²) in [4.78, 5) is 12.7. The van der Waals surface area contributed by atoms with Gasteiger partial charge in [0, 0.05) is 0 Å². The van der Waals surface area contributed by atoms with Crippen molar-refractivity contribution >= 4 is 5.97 Å². The minimum absolute atomic E-state index is 0.0594. The molecule has 1 aliphatic rings. The zero-order valence-corrected chi connectivity index (χ0v) is 9.06. The molecular formula is C12H16NO3+. The zero-order valence-electron chi connectivity index (χ0n) is 9.06. The molecule has 0 saturated carbocycles. The Morgan fingerprint density at radius 3 is 2.88 bits per heavy atom. The van der Waals surface area contributed by atoms with Gasteiger partial charge in [-0.15, -0.1) is 0 Å². The van der Waals surface area contributed by atoms with Crippen LogP contribution in [0.4, 0.5) is 0 Å². The summed E-state index contributed by atoms with van der Waals surface area (Å²) >= 11 is 0. The highest BCUT2D eigenvalue weighted by Gasteiger charge is 2.47. The first-order valence-corrected chi connectivity index (χ1v) is 5.47. The van der Waals surface area contributed by atoms with Crippen LogP contribution in [-0.4, -0.2) is 36.8 Å². The van der Waals surface area contributed by atoms with Crippen LogP contribution in [0.15, 0.2) is 30.3 Å². The number of carbonyl (C=O) groups excluding carboxylic acids is 1. The van der Waals surface area contributed by atoms with E-state index >= 15 is 0 Å². The highest BCUT2D eigenvalue weighted by molar-refractivity contribution is 5.76. The van der Waals surface area contributed by atoms with E-state index in [1.54, 1.807) is 0 Å². The summed E-state index contributed by atoms with van der Waals surface area (Å²) in [6.45, 7) is 1.87. The number of esters is 1. The van der Waals surface area contributed by atoms with E-state index in [1.807, 2.05) is 30.3 Å². The fraction of sp³-hybridized carbons (Fsp3) is 0.417. The Hall–Kier alpha value is -1.39. The topological polar surface area (TPSA) is 51.0 Å². The molecule has 1 aliphatic heterocycles. The molecule has 1 fully saturated rings. The van der Waals surface area contributed by atoms with E-state index in [1.165, 1.54) is 0 Å². The highest BCUT2D eigenvalue weighted by atomic mass is 16.5. The van der Waals surface area contributed by atoms with Crippen molar-refractivity contribution in [3.05, 3.63) is 35.9 Å². The van der Waals surface area contributed by atoms with Gasteiger partial charge in [0.2, 0.25) is 6.04 Å². The van der Waals surface area contributed by atoms with E-state index < -0.39 is 0 Å². The number of nitrogens with one attached hydrogen (secondary N) is 1. The van der Waals surface area contributed by atoms with Crippen LogP contribution in [0, 0.1) is 0 Å². The Morgan fingerprint density at radius 1 is 1.44 bits per heavy atom. The molecule has 2 atom stereocenters.